The van der Waals surface area contributed by atoms with E-state index >= 15 is 0 Å². The summed E-state index contributed by atoms with van der Waals surface area (Å²) in [6, 6.07) is 9.69. The van der Waals surface area contributed by atoms with Gasteiger partial charge in [0, 0.05) is 42.3 Å². The molecule has 2 N–H and O–H groups in total. The van der Waals surface area contributed by atoms with Crippen molar-refractivity contribution < 1.29 is 4.74 Å². The minimum Gasteiger partial charge on any atom is -0.371 e. The van der Waals surface area contributed by atoms with Crippen molar-refractivity contribution in [1.29, 1.82) is 0 Å². The summed E-state index contributed by atoms with van der Waals surface area (Å²) in [6.07, 6.45) is 5.99. The van der Waals surface area contributed by atoms with Crippen LogP contribution in [0.1, 0.15) is 24.3 Å². The van der Waals surface area contributed by atoms with Gasteiger partial charge in [-0.15, -0.1) is 0 Å². The Morgan fingerprint density at radius 3 is 2.74 bits per heavy atom. The molecule has 100 valence electrons. The molecule has 2 rings (SSSR count). The van der Waals surface area contributed by atoms with Crippen LogP contribution in [0.15, 0.2) is 48.9 Å². The molecular weight excluding hydrogens is 238 g/mol. The number of pyridine rings is 2. The Kier molecular flexibility index (Phi) is 5.01. The fourth-order valence-electron chi connectivity index (χ4n) is 1.93. The van der Waals surface area contributed by atoms with Crippen molar-refractivity contribution in [3.8, 4) is 0 Å². The monoisotopic (exact) mass is 257 g/mol. The highest BCUT2D eigenvalue weighted by atomic mass is 16.5. The lowest BCUT2D eigenvalue weighted by atomic mass is 10.1. The first kappa shape index (κ1) is 13.6. The van der Waals surface area contributed by atoms with Crippen LogP contribution in [0.5, 0.6) is 0 Å². The Bertz CT molecular complexity index is 473. The molecule has 0 saturated heterocycles. The molecule has 2 heterocycles. The van der Waals surface area contributed by atoms with Gasteiger partial charge in [0.2, 0.25) is 0 Å². The van der Waals surface area contributed by atoms with Crippen molar-refractivity contribution in [2.45, 2.75) is 25.5 Å². The van der Waals surface area contributed by atoms with E-state index in [0.717, 1.165) is 17.7 Å². The van der Waals surface area contributed by atoms with E-state index in [2.05, 4.69) is 9.97 Å². The van der Waals surface area contributed by atoms with Crippen molar-refractivity contribution in [3.63, 3.8) is 0 Å². The average molecular weight is 257 g/mol. The van der Waals surface area contributed by atoms with Gasteiger partial charge in [-0.3, -0.25) is 9.97 Å². The van der Waals surface area contributed by atoms with Gasteiger partial charge in [0.1, 0.15) is 0 Å². The summed E-state index contributed by atoms with van der Waals surface area (Å²) in [5.74, 6) is 0. The van der Waals surface area contributed by atoms with Crippen LogP contribution in [0.2, 0.25) is 0 Å². The van der Waals surface area contributed by atoms with E-state index in [9.17, 15) is 0 Å². The third-order valence-electron chi connectivity index (χ3n) is 2.87. The molecule has 0 saturated carbocycles. The predicted molar refractivity (Wildman–Crippen MR) is 74.5 cm³/mol. The van der Waals surface area contributed by atoms with Crippen LogP contribution < -0.4 is 5.73 Å². The van der Waals surface area contributed by atoms with E-state index in [0.29, 0.717) is 6.61 Å². The summed E-state index contributed by atoms with van der Waals surface area (Å²) in [5, 5.41) is 0. The number of nitrogens with zero attached hydrogens (tertiary/aromatic N) is 2. The first-order valence-electron chi connectivity index (χ1n) is 6.44. The minimum absolute atomic E-state index is 0.0760. The predicted octanol–water partition coefficient (Wildman–Crippen LogP) is 2.12. The van der Waals surface area contributed by atoms with Crippen molar-refractivity contribution in [2.24, 2.45) is 5.73 Å². The van der Waals surface area contributed by atoms with E-state index in [1.54, 1.807) is 18.6 Å². The fraction of sp³-hybridized carbons (Fsp3) is 0.333. The van der Waals surface area contributed by atoms with E-state index in [1.807, 2.05) is 37.3 Å². The van der Waals surface area contributed by atoms with Crippen LogP contribution in [-0.2, 0) is 11.2 Å². The highest BCUT2D eigenvalue weighted by Crippen LogP contribution is 2.19. The van der Waals surface area contributed by atoms with E-state index in [4.69, 9.17) is 10.5 Å². The van der Waals surface area contributed by atoms with Gasteiger partial charge in [0.25, 0.3) is 0 Å². The van der Waals surface area contributed by atoms with Gasteiger partial charge in [-0.25, -0.2) is 0 Å². The standard InChI is InChI=1S/C15H19N3O/c1-12(16)15(13-5-4-8-17-11-13)19-10-7-14-6-2-3-9-18-14/h2-6,8-9,11-12,15H,7,10,16H2,1H3. The zero-order chi connectivity index (χ0) is 13.5. The molecular formula is C15H19N3O. The lowest BCUT2D eigenvalue weighted by Crippen LogP contribution is -2.27. The van der Waals surface area contributed by atoms with Crippen molar-refractivity contribution >= 4 is 0 Å². The molecule has 0 fully saturated rings. The highest BCUT2D eigenvalue weighted by Gasteiger charge is 2.16. The van der Waals surface area contributed by atoms with Crippen molar-refractivity contribution in [2.75, 3.05) is 6.61 Å². The van der Waals surface area contributed by atoms with Gasteiger partial charge in [-0.05, 0) is 25.1 Å². The summed E-state index contributed by atoms with van der Waals surface area (Å²) in [6.45, 7) is 2.54. The molecule has 0 aromatic carbocycles. The van der Waals surface area contributed by atoms with Crippen LogP contribution >= 0.6 is 0 Å². The second-order valence-electron chi connectivity index (χ2n) is 4.51. The first-order chi connectivity index (χ1) is 9.27. The van der Waals surface area contributed by atoms with Gasteiger partial charge < -0.3 is 10.5 Å². The maximum absolute atomic E-state index is 5.98. The van der Waals surface area contributed by atoms with Crippen LogP contribution in [0.3, 0.4) is 0 Å². The minimum atomic E-state index is -0.127. The smallest absolute Gasteiger partial charge is 0.0987 e. The fourth-order valence-corrected chi connectivity index (χ4v) is 1.93. The number of hydrogen-bond acceptors (Lipinski definition) is 4. The zero-order valence-corrected chi connectivity index (χ0v) is 11.1. The van der Waals surface area contributed by atoms with Crippen molar-refractivity contribution in [3.05, 3.63) is 60.2 Å². The molecule has 2 atom stereocenters. The molecule has 4 nitrogen and oxygen atoms in total. The van der Waals surface area contributed by atoms with Gasteiger partial charge in [-0.1, -0.05) is 12.1 Å². The number of nitrogens with two attached hydrogens (primary N) is 1. The largest absolute Gasteiger partial charge is 0.371 e. The molecule has 2 aromatic heterocycles. The first-order valence-corrected chi connectivity index (χ1v) is 6.44. The Morgan fingerprint density at radius 2 is 2.11 bits per heavy atom. The maximum atomic E-state index is 5.98. The molecule has 2 unspecified atom stereocenters. The lowest BCUT2D eigenvalue weighted by Gasteiger charge is -2.21. The number of ether oxygens (including phenoxy) is 1. The van der Waals surface area contributed by atoms with E-state index in [1.165, 1.54) is 0 Å². The molecule has 0 amide bonds. The van der Waals surface area contributed by atoms with Crippen LogP contribution in [0.4, 0.5) is 0 Å². The Hall–Kier alpha value is -1.78. The molecule has 19 heavy (non-hydrogen) atoms. The summed E-state index contributed by atoms with van der Waals surface area (Å²) in [7, 11) is 0. The van der Waals surface area contributed by atoms with E-state index in [-0.39, 0.29) is 12.1 Å². The summed E-state index contributed by atoms with van der Waals surface area (Å²) >= 11 is 0. The van der Waals surface area contributed by atoms with Crippen LogP contribution in [0.25, 0.3) is 0 Å². The van der Waals surface area contributed by atoms with E-state index < -0.39 is 0 Å². The zero-order valence-electron chi connectivity index (χ0n) is 11.1. The number of rotatable bonds is 6. The summed E-state index contributed by atoms with van der Waals surface area (Å²) in [4.78, 5) is 8.38. The summed E-state index contributed by atoms with van der Waals surface area (Å²) < 4.78 is 5.89. The van der Waals surface area contributed by atoms with Gasteiger partial charge >= 0.3 is 0 Å². The molecule has 2 aromatic rings. The second kappa shape index (κ2) is 6.97. The third-order valence-corrected chi connectivity index (χ3v) is 2.87. The molecule has 0 aliphatic heterocycles. The highest BCUT2D eigenvalue weighted by molar-refractivity contribution is 5.14. The third kappa shape index (κ3) is 4.12. The Morgan fingerprint density at radius 1 is 1.21 bits per heavy atom. The molecule has 0 spiro atoms. The molecule has 4 heteroatoms. The topological polar surface area (TPSA) is 61.0 Å². The quantitative estimate of drug-likeness (QED) is 0.861. The number of aromatic nitrogens is 2. The number of hydrogen-bond donors (Lipinski definition) is 1. The van der Waals surface area contributed by atoms with Crippen LogP contribution in [-0.4, -0.2) is 22.6 Å². The van der Waals surface area contributed by atoms with Gasteiger partial charge in [0.15, 0.2) is 0 Å². The van der Waals surface area contributed by atoms with Crippen molar-refractivity contribution in [1.82, 2.24) is 9.97 Å². The Balaban J connectivity index is 1.92. The van der Waals surface area contributed by atoms with Gasteiger partial charge in [-0.2, -0.15) is 0 Å². The van der Waals surface area contributed by atoms with Gasteiger partial charge in [0.05, 0.1) is 12.7 Å². The second-order valence-corrected chi connectivity index (χ2v) is 4.51. The normalized spacial score (nSPS) is 14.0. The SMILES string of the molecule is CC(N)C(OCCc1ccccn1)c1cccnc1. The Labute approximate surface area is 113 Å². The molecule has 0 radical (unpaired) electrons. The van der Waals surface area contributed by atoms with Crippen LogP contribution in [0, 0.1) is 0 Å². The molecule has 0 aliphatic rings. The molecule has 0 aliphatic carbocycles. The lowest BCUT2D eigenvalue weighted by molar-refractivity contribution is 0.0397. The average Bonchev–Trinajstić information content (AvgIpc) is 2.45. The molecule has 0 bridgehead atoms. The maximum Gasteiger partial charge on any atom is 0.0987 e. The summed E-state index contributed by atoms with van der Waals surface area (Å²) in [5.41, 5.74) is 8.02.